The molecule has 1 aromatic heterocycles. The van der Waals surface area contributed by atoms with Gasteiger partial charge in [0.1, 0.15) is 17.1 Å². The van der Waals surface area contributed by atoms with Crippen LogP contribution in [-0.4, -0.2) is 43.4 Å². The normalized spacial score (nSPS) is 15.8. The van der Waals surface area contributed by atoms with Gasteiger partial charge in [-0.25, -0.2) is 4.79 Å². The van der Waals surface area contributed by atoms with Crippen molar-refractivity contribution in [3.05, 3.63) is 81.7 Å². The van der Waals surface area contributed by atoms with Gasteiger partial charge in [0, 0.05) is 40.9 Å². The van der Waals surface area contributed by atoms with Gasteiger partial charge in [-0.3, -0.25) is 4.90 Å². The minimum absolute atomic E-state index is 0.168. The summed E-state index contributed by atoms with van der Waals surface area (Å²) in [5.41, 5.74) is 2.78. The molecular weight excluding hydrogens is 406 g/mol. The summed E-state index contributed by atoms with van der Waals surface area (Å²) in [6.07, 6.45) is 0. The molecule has 3 aromatic carbocycles. The molecular formula is C26H25NO5. The number of hydrogen-bond donors (Lipinski definition) is 1. The van der Waals surface area contributed by atoms with Crippen LogP contribution in [0.2, 0.25) is 0 Å². The highest BCUT2D eigenvalue weighted by Gasteiger charge is 2.28. The monoisotopic (exact) mass is 431 g/mol. The first-order valence-corrected chi connectivity index (χ1v) is 10.7. The summed E-state index contributed by atoms with van der Waals surface area (Å²) in [7, 11) is 1.65. The third-order valence-corrected chi connectivity index (χ3v) is 6.23. The molecule has 32 heavy (non-hydrogen) atoms. The Balaban J connectivity index is 1.72. The van der Waals surface area contributed by atoms with E-state index < -0.39 is 5.63 Å². The molecule has 0 aliphatic carbocycles. The number of aryl methyl sites for hydroxylation is 1. The quantitative estimate of drug-likeness (QED) is 0.382. The van der Waals surface area contributed by atoms with E-state index in [0.29, 0.717) is 24.2 Å². The van der Waals surface area contributed by atoms with Crippen molar-refractivity contribution < 1.29 is 19.0 Å². The van der Waals surface area contributed by atoms with E-state index in [0.717, 1.165) is 46.3 Å². The van der Waals surface area contributed by atoms with Crippen LogP contribution < -0.4 is 10.4 Å². The average Bonchev–Trinajstić information content (AvgIpc) is 2.81. The zero-order valence-electron chi connectivity index (χ0n) is 18.1. The number of hydrogen-bond acceptors (Lipinski definition) is 6. The van der Waals surface area contributed by atoms with E-state index in [4.69, 9.17) is 13.9 Å². The number of methoxy groups -OCH3 is 1. The molecule has 6 heteroatoms. The van der Waals surface area contributed by atoms with Crippen LogP contribution in [0.5, 0.6) is 11.5 Å². The molecule has 4 aromatic rings. The fraction of sp³-hybridized carbons (Fsp3) is 0.269. The van der Waals surface area contributed by atoms with Gasteiger partial charge in [0.2, 0.25) is 0 Å². The molecule has 1 aliphatic rings. The van der Waals surface area contributed by atoms with Gasteiger partial charge < -0.3 is 19.0 Å². The fourth-order valence-electron chi connectivity index (χ4n) is 4.64. The van der Waals surface area contributed by atoms with Gasteiger partial charge in [-0.1, -0.05) is 24.3 Å². The van der Waals surface area contributed by atoms with E-state index in [1.54, 1.807) is 7.11 Å². The molecule has 1 N–H and O–H groups in total. The summed E-state index contributed by atoms with van der Waals surface area (Å²) in [4.78, 5) is 14.3. The number of ether oxygens (including phenoxy) is 2. The first kappa shape index (κ1) is 20.5. The molecule has 1 fully saturated rings. The smallest absolute Gasteiger partial charge is 0.336 e. The molecule has 2 heterocycles. The van der Waals surface area contributed by atoms with Crippen LogP contribution in [0, 0.1) is 6.92 Å². The van der Waals surface area contributed by atoms with Crippen LogP contribution in [0.3, 0.4) is 0 Å². The number of phenolic OH excluding ortho intramolecular Hbond substituents is 1. The highest BCUT2D eigenvalue weighted by atomic mass is 16.5. The summed E-state index contributed by atoms with van der Waals surface area (Å²) in [5.74, 6) is 0.956. The summed E-state index contributed by atoms with van der Waals surface area (Å²) >= 11 is 0. The molecule has 6 nitrogen and oxygen atoms in total. The fourth-order valence-corrected chi connectivity index (χ4v) is 4.64. The van der Waals surface area contributed by atoms with Gasteiger partial charge in [-0.05, 0) is 42.3 Å². The predicted octanol–water partition coefficient (Wildman–Crippen LogP) is 4.39. The van der Waals surface area contributed by atoms with Gasteiger partial charge in [0.15, 0.2) is 0 Å². The van der Waals surface area contributed by atoms with E-state index in [2.05, 4.69) is 11.0 Å². The second-order valence-electron chi connectivity index (χ2n) is 8.12. The molecule has 5 rings (SSSR count). The van der Waals surface area contributed by atoms with Crippen LogP contribution in [0.25, 0.3) is 21.7 Å². The Morgan fingerprint density at radius 1 is 1.00 bits per heavy atom. The topological polar surface area (TPSA) is 72.1 Å². The number of phenols is 1. The van der Waals surface area contributed by atoms with Crippen LogP contribution in [0.15, 0.2) is 63.8 Å². The molecule has 1 atom stereocenters. The van der Waals surface area contributed by atoms with Crippen molar-refractivity contribution in [1.82, 2.24) is 4.90 Å². The first-order chi connectivity index (χ1) is 15.6. The highest BCUT2D eigenvalue weighted by molar-refractivity contribution is 6.07. The lowest BCUT2D eigenvalue weighted by molar-refractivity contribution is 0.0236. The Hall–Kier alpha value is -3.35. The Morgan fingerprint density at radius 3 is 2.53 bits per heavy atom. The number of morpholine rings is 1. The number of nitrogens with zero attached hydrogens (tertiary/aromatic N) is 1. The molecule has 0 radical (unpaired) electrons. The largest absolute Gasteiger partial charge is 0.507 e. The van der Waals surface area contributed by atoms with Crippen LogP contribution in [0.4, 0.5) is 0 Å². The molecule has 0 bridgehead atoms. The minimum Gasteiger partial charge on any atom is -0.507 e. The van der Waals surface area contributed by atoms with Crippen LogP contribution >= 0.6 is 0 Å². The van der Waals surface area contributed by atoms with Gasteiger partial charge in [-0.15, -0.1) is 0 Å². The molecule has 164 valence electrons. The van der Waals surface area contributed by atoms with E-state index >= 15 is 0 Å². The maximum absolute atomic E-state index is 12.0. The molecule has 1 aliphatic heterocycles. The second kappa shape index (κ2) is 8.30. The van der Waals surface area contributed by atoms with Crippen LogP contribution in [0.1, 0.15) is 22.7 Å². The summed E-state index contributed by atoms with van der Waals surface area (Å²) in [6.45, 7) is 4.68. The van der Waals surface area contributed by atoms with Gasteiger partial charge >= 0.3 is 5.63 Å². The minimum atomic E-state index is -0.395. The number of fused-ring (bicyclic) bond motifs is 3. The highest BCUT2D eigenvalue weighted by Crippen LogP contribution is 2.41. The molecule has 1 saturated heterocycles. The molecule has 0 amide bonds. The van der Waals surface area contributed by atoms with E-state index in [9.17, 15) is 9.90 Å². The zero-order valence-corrected chi connectivity index (χ0v) is 18.1. The lowest BCUT2D eigenvalue weighted by Gasteiger charge is -2.35. The Labute approximate surface area is 185 Å². The summed E-state index contributed by atoms with van der Waals surface area (Å²) in [6, 6.07) is 16.9. The van der Waals surface area contributed by atoms with Crippen molar-refractivity contribution in [2.75, 3.05) is 33.4 Å². The van der Waals surface area contributed by atoms with Crippen LogP contribution in [-0.2, 0) is 4.74 Å². The lowest BCUT2D eigenvalue weighted by Crippen LogP contribution is -2.39. The number of rotatable bonds is 4. The second-order valence-corrected chi connectivity index (χ2v) is 8.12. The van der Waals surface area contributed by atoms with E-state index in [-0.39, 0.29) is 11.8 Å². The van der Waals surface area contributed by atoms with Crippen molar-refractivity contribution in [1.29, 1.82) is 0 Å². The SMILES string of the molecule is COc1cccc(C(c2ccc3c(ccc4c(C)cc(=O)oc43)c2O)N2CCOCC2)c1. The number of aromatic hydroxyl groups is 1. The maximum Gasteiger partial charge on any atom is 0.336 e. The van der Waals surface area contributed by atoms with Gasteiger partial charge in [-0.2, -0.15) is 0 Å². The third-order valence-electron chi connectivity index (χ3n) is 6.23. The first-order valence-electron chi connectivity index (χ1n) is 10.7. The third kappa shape index (κ3) is 3.51. The Kier molecular flexibility index (Phi) is 5.33. The van der Waals surface area contributed by atoms with E-state index in [1.165, 1.54) is 6.07 Å². The zero-order chi connectivity index (χ0) is 22.2. The van der Waals surface area contributed by atoms with Crippen molar-refractivity contribution in [3.8, 4) is 11.5 Å². The van der Waals surface area contributed by atoms with Crippen molar-refractivity contribution in [2.45, 2.75) is 13.0 Å². The van der Waals surface area contributed by atoms with E-state index in [1.807, 2.05) is 49.4 Å². The summed E-state index contributed by atoms with van der Waals surface area (Å²) in [5, 5.41) is 13.7. The Morgan fingerprint density at radius 2 is 1.75 bits per heavy atom. The van der Waals surface area contributed by atoms with Gasteiger partial charge in [0.25, 0.3) is 0 Å². The molecule has 0 spiro atoms. The lowest BCUT2D eigenvalue weighted by atomic mass is 9.92. The van der Waals surface area contributed by atoms with Gasteiger partial charge in [0.05, 0.1) is 26.4 Å². The molecule has 0 saturated carbocycles. The maximum atomic E-state index is 12.0. The summed E-state index contributed by atoms with van der Waals surface area (Å²) < 4.78 is 16.6. The standard InChI is InChI=1S/C26H25NO5/c1-16-14-23(28)32-26-19(16)6-7-20-21(26)8-9-22(25(20)29)24(27-10-12-31-13-11-27)17-4-3-5-18(15-17)30-2/h3-9,14-15,24,29H,10-13H2,1-2H3. The number of benzene rings is 3. The predicted molar refractivity (Wildman–Crippen MR) is 124 cm³/mol. The Bertz CT molecular complexity index is 1350. The van der Waals surface area contributed by atoms with Crippen molar-refractivity contribution in [3.63, 3.8) is 0 Å². The van der Waals surface area contributed by atoms with Crippen molar-refractivity contribution >= 4 is 21.7 Å². The van der Waals surface area contributed by atoms with Crippen molar-refractivity contribution in [2.24, 2.45) is 0 Å². The molecule has 1 unspecified atom stereocenters. The average molecular weight is 431 g/mol.